The SMILES string of the molecule is COc1cc(NC(=O)CCN2CCC(OC(=O)Nc3ccccc3-c3ccccc3)CC2)c(C)cc1CBr. The van der Waals surface area contributed by atoms with Crippen LogP contribution >= 0.6 is 15.9 Å². The van der Waals surface area contributed by atoms with Crippen LogP contribution in [-0.4, -0.2) is 49.7 Å². The third-order valence-corrected chi connectivity index (χ3v) is 7.36. The van der Waals surface area contributed by atoms with Gasteiger partial charge in [-0.3, -0.25) is 10.1 Å². The maximum Gasteiger partial charge on any atom is 0.411 e. The van der Waals surface area contributed by atoms with E-state index in [9.17, 15) is 9.59 Å². The molecular formula is C30H34BrN3O4. The van der Waals surface area contributed by atoms with Crippen molar-refractivity contribution in [2.75, 3.05) is 37.4 Å². The number of likely N-dealkylation sites (tertiary alicyclic amines) is 1. The number of carbonyl (C=O) groups excluding carboxylic acids is 2. The number of halogens is 1. The number of ether oxygens (including phenoxy) is 2. The zero-order chi connectivity index (χ0) is 26.9. The van der Waals surface area contributed by atoms with Crippen LogP contribution in [0.4, 0.5) is 16.2 Å². The van der Waals surface area contributed by atoms with Crippen LogP contribution in [0.3, 0.4) is 0 Å². The van der Waals surface area contributed by atoms with Gasteiger partial charge < -0.3 is 19.7 Å². The van der Waals surface area contributed by atoms with Crippen molar-refractivity contribution >= 4 is 39.3 Å². The summed E-state index contributed by atoms with van der Waals surface area (Å²) < 4.78 is 11.2. The lowest BCUT2D eigenvalue weighted by molar-refractivity contribution is -0.116. The molecule has 0 aromatic heterocycles. The van der Waals surface area contributed by atoms with E-state index >= 15 is 0 Å². The number of anilines is 2. The highest BCUT2D eigenvalue weighted by Crippen LogP contribution is 2.29. The lowest BCUT2D eigenvalue weighted by Crippen LogP contribution is -2.39. The van der Waals surface area contributed by atoms with Crippen LogP contribution < -0.4 is 15.4 Å². The molecule has 0 spiro atoms. The molecule has 2 amide bonds. The second-order valence-corrected chi connectivity index (χ2v) is 9.95. The molecule has 4 rings (SSSR count). The average molecular weight is 581 g/mol. The molecule has 38 heavy (non-hydrogen) atoms. The minimum Gasteiger partial charge on any atom is -0.496 e. The molecule has 0 atom stereocenters. The molecule has 0 bridgehead atoms. The van der Waals surface area contributed by atoms with Crippen molar-refractivity contribution in [2.24, 2.45) is 0 Å². The van der Waals surface area contributed by atoms with Crippen molar-refractivity contribution in [1.29, 1.82) is 0 Å². The van der Waals surface area contributed by atoms with Gasteiger partial charge in [-0.25, -0.2) is 4.79 Å². The fourth-order valence-corrected chi connectivity index (χ4v) is 5.09. The first kappa shape index (κ1) is 27.7. The third kappa shape index (κ3) is 7.36. The molecule has 7 nitrogen and oxygen atoms in total. The van der Waals surface area contributed by atoms with Gasteiger partial charge in [-0.1, -0.05) is 64.5 Å². The van der Waals surface area contributed by atoms with Gasteiger partial charge in [0.1, 0.15) is 11.9 Å². The largest absolute Gasteiger partial charge is 0.496 e. The van der Waals surface area contributed by atoms with Crippen molar-refractivity contribution in [3.8, 4) is 16.9 Å². The highest BCUT2D eigenvalue weighted by molar-refractivity contribution is 9.08. The molecule has 1 aliphatic heterocycles. The van der Waals surface area contributed by atoms with E-state index in [0.717, 1.165) is 65.3 Å². The Bertz CT molecular complexity index is 1240. The molecule has 3 aromatic carbocycles. The molecule has 3 aromatic rings. The molecule has 1 saturated heterocycles. The first-order valence-electron chi connectivity index (χ1n) is 12.8. The number of aryl methyl sites for hydroxylation is 1. The van der Waals surface area contributed by atoms with Gasteiger partial charge >= 0.3 is 6.09 Å². The fourth-order valence-electron chi connectivity index (χ4n) is 4.65. The van der Waals surface area contributed by atoms with Gasteiger partial charge in [0.2, 0.25) is 5.91 Å². The predicted octanol–water partition coefficient (Wildman–Crippen LogP) is 6.61. The number of para-hydroxylation sites is 1. The third-order valence-electron chi connectivity index (χ3n) is 6.76. The number of hydrogen-bond acceptors (Lipinski definition) is 5. The minimum absolute atomic E-state index is 0.0309. The van der Waals surface area contributed by atoms with Crippen molar-refractivity contribution in [2.45, 2.75) is 37.6 Å². The number of methoxy groups -OCH3 is 1. The normalized spacial score (nSPS) is 14.1. The summed E-state index contributed by atoms with van der Waals surface area (Å²) in [7, 11) is 1.63. The van der Waals surface area contributed by atoms with Crippen LogP contribution in [0.5, 0.6) is 5.75 Å². The molecule has 0 radical (unpaired) electrons. The Kier molecular flexibility index (Phi) is 9.79. The molecule has 1 aliphatic rings. The number of piperidine rings is 1. The lowest BCUT2D eigenvalue weighted by Gasteiger charge is -2.31. The number of carbonyl (C=O) groups is 2. The highest BCUT2D eigenvalue weighted by atomic mass is 79.9. The number of rotatable bonds is 9. The Morgan fingerprint density at radius 2 is 1.68 bits per heavy atom. The van der Waals surface area contributed by atoms with Crippen molar-refractivity contribution in [3.63, 3.8) is 0 Å². The zero-order valence-electron chi connectivity index (χ0n) is 21.8. The summed E-state index contributed by atoms with van der Waals surface area (Å²) in [5.74, 6) is 0.717. The topological polar surface area (TPSA) is 79.9 Å². The average Bonchev–Trinajstić information content (AvgIpc) is 2.94. The van der Waals surface area contributed by atoms with Crippen LogP contribution in [0, 0.1) is 6.92 Å². The molecule has 0 unspecified atom stereocenters. The molecule has 0 aliphatic carbocycles. The van der Waals surface area contributed by atoms with Crippen molar-refractivity contribution < 1.29 is 19.1 Å². The van der Waals surface area contributed by atoms with E-state index < -0.39 is 6.09 Å². The van der Waals surface area contributed by atoms with E-state index in [1.807, 2.05) is 73.7 Å². The lowest BCUT2D eigenvalue weighted by atomic mass is 10.0. The summed E-state index contributed by atoms with van der Waals surface area (Å²) in [5.41, 5.74) is 5.51. The summed E-state index contributed by atoms with van der Waals surface area (Å²) in [6.07, 6.45) is 1.28. The van der Waals surface area contributed by atoms with E-state index in [1.54, 1.807) is 7.11 Å². The molecule has 2 N–H and O–H groups in total. The van der Waals surface area contributed by atoms with Crippen molar-refractivity contribution in [3.05, 3.63) is 77.9 Å². The Morgan fingerprint density at radius 3 is 2.39 bits per heavy atom. The van der Waals surface area contributed by atoms with Gasteiger partial charge in [0.15, 0.2) is 0 Å². The number of benzene rings is 3. The maximum absolute atomic E-state index is 12.6. The molecule has 0 saturated carbocycles. The standard InChI is InChI=1S/C30H34BrN3O4/c1-21-18-23(20-31)28(37-2)19-27(21)32-29(35)14-17-34-15-12-24(13-16-34)38-30(36)33-26-11-7-6-10-25(26)22-8-4-3-5-9-22/h3-11,18-19,24H,12-17,20H2,1-2H3,(H,32,35)(H,33,36). The monoisotopic (exact) mass is 579 g/mol. The summed E-state index contributed by atoms with van der Waals surface area (Å²) in [6.45, 7) is 4.19. The Morgan fingerprint density at radius 1 is 0.974 bits per heavy atom. The quantitative estimate of drug-likeness (QED) is 0.279. The molecule has 1 fully saturated rings. The summed E-state index contributed by atoms with van der Waals surface area (Å²) >= 11 is 3.47. The Labute approximate surface area is 232 Å². The summed E-state index contributed by atoms with van der Waals surface area (Å²) in [5, 5.41) is 6.61. The maximum atomic E-state index is 12.6. The van der Waals surface area contributed by atoms with E-state index in [2.05, 4.69) is 31.5 Å². The van der Waals surface area contributed by atoms with Crippen LogP contribution in [-0.2, 0) is 14.9 Å². The van der Waals surface area contributed by atoms with Gasteiger partial charge in [0.05, 0.1) is 12.8 Å². The predicted molar refractivity (Wildman–Crippen MR) is 155 cm³/mol. The molecular weight excluding hydrogens is 546 g/mol. The first-order valence-corrected chi connectivity index (χ1v) is 14.0. The number of nitrogens with one attached hydrogen (secondary N) is 2. The van der Waals surface area contributed by atoms with Crippen molar-refractivity contribution in [1.82, 2.24) is 4.90 Å². The summed E-state index contributed by atoms with van der Waals surface area (Å²) in [4.78, 5) is 27.5. The smallest absolute Gasteiger partial charge is 0.411 e. The Balaban J connectivity index is 1.21. The number of alkyl halides is 1. The van der Waals surface area contributed by atoms with Gasteiger partial charge in [0, 0.05) is 54.3 Å². The fraction of sp³-hybridized carbons (Fsp3) is 0.333. The highest BCUT2D eigenvalue weighted by Gasteiger charge is 2.23. The van der Waals surface area contributed by atoms with E-state index in [4.69, 9.17) is 9.47 Å². The van der Waals surface area contributed by atoms with Gasteiger partial charge in [-0.2, -0.15) is 0 Å². The van der Waals surface area contributed by atoms with Gasteiger partial charge in [-0.15, -0.1) is 0 Å². The number of amides is 2. The zero-order valence-corrected chi connectivity index (χ0v) is 23.4. The molecule has 1 heterocycles. The van der Waals surface area contributed by atoms with Gasteiger partial charge in [0.25, 0.3) is 0 Å². The van der Waals surface area contributed by atoms with Crippen LogP contribution in [0.1, 0.15) is 30.4 Å². The number of nitrogens with zero attached hydrogens (tertiary/aromatic N) is 1. The minimum atomic E-state index is -0.442. The van der Waals surface area contributed by atoms with Crippen LogP contribution in [0.15, 0.2) is 66.7 Å². The van der Waals surface area contributed by atoms with Crippen LogP contribution in [0.2, 0.25) is 0 Å². The van der Waals surface area contributed by atoms with Crippen LogP contribution in [0.25, 0.3) is 11.1 Å². The number of hydrogen-bond donors (Lipinski definition) is 2. The molecule has 200 valence electrons. The van der Waals surface area contributed by atoms with Gasteiger partial charge in [-0.05, 0) is 43.0 Å². The van der Waals surface area contributed by atoms with E-state index in [0.29, 0.717) is 18.3 Å². The second kappa shape index (κ2) is 13.4. The molecule has 8 heteroatoms. The van der Waals surface area contributed by atoms with E-state index in [-0.39, 0.29) is 12.0 Å². The van der Waals surface area contributed by atoms with E-state index in [1.165, 1.54) is 0 Å². The summed E-state index contributed by atoms with van der Waals surface area (Å²) in [6, 6.07) is 21.5. The first-order chi connectivity index (χ1) is 18.5. The Hall–Kier alpha value is -3.36. The second-order valence-electron chi connectivity index (χ2n) is 9.39.